The van der Waals surface area contributed by atoms with Gasteiger partial charge in [-0.2, -0.15) is 0 Å². The first-order valence-corrected chi connectivity index (χ1v) is 34.9. The predicted octanol–water partition coefficient (Wildman–Crippen LogP) is 14.1. The summed E-state index contributed by atoms with van der Waals surface area (Å²) in [7, 11) is 17.7. The maximum atomic E-state index is 8.84. The van der Waals surface area contributed by atoms with Crippen molar-refractivity contribution in [3.05, 3.63) is 129 Å². The molecule has 6 rings (SSSR count). The fourth-order valence-electron chi connectivity index (χ4n) is 8.92. The number of rotatable bonds is 13. The van der Waals surface area contributed by atoms with Gasteiger partial charge in [0.05, 0.1) is 0 Å². The van der Waals surface area contributed by atoms with Crippen LogP contribution >= 0.6 is 17.0 Å². The molecule has 4 aromatic rings. The second kappa shape index (κ2) is 14.7. The topological polar surface area (TPSA) is 0 Å². The summed E-state index contributed by atoms with van der Waals surface area (Å²) in [5.41, 5.74) is 16.8. The van der Waals surface area contributed by atoms with Crippen LogP contribution in [0.3, 0.4) is 0 Å². The van der Waals surface area contributed by atoms with E-state index in [-0.39, 0.29) is 7.25 Å². The van der Waals surface area contributed by atoms with Gasteiger partial charge in [0.2, 0.25) is 0 Å². The molecule has 0 fully saturated rings. The van der Waals surface area contributed by atoms with Gasteiger partial charge in [-0.25, -0.2) is 0 Å². The second-order valence-electron chi connectivity index (χ2n) is 14.5. The molecule has 0 saturated heterocycles. The van der Waals surface area contributed by atoms with Gasteiger partial charge in [-0.15, -0.1) is 0 Å². The van der Waals surface area contributed by atoms with Crippen LogP contribution in [0.15, 0.2) is 96.1 Å². The van der Waals surface area contributed by atoms with Gasteiger partial charge in [0.15, 0.2) is 0 Å². The average molecular weight is 772 g/mol. The molecule has 0 saturated carbocycles. The monoisotopic (exact) mass is 769 g/mol. The SMILES string of the molecule is CCCCC1=Cc2c(ccc(CC)c2-c2ccccc2)[CH]1[Zr]([Cl])([Cl])([CH]1C(CCCC)=Cc2c1ccc(CC)c2-c1ccccc1)[SiH](C)C. The number of unbranched alkanes of at least 4 members (excludes halogenated alkanes) is 2. The number of hydrogen-bond donors (Lipinski definition) is 0. The molecule has 4 heteroatoms. The number of aryl methyl sites for hydroxylation is 2. The Bertz CT molecular complexity index is 1710. The summed E-state index contributed by atoms with van der Waals surface area (Å²) in [6.07, 6.45) is 13.9. The Morgan fingerprint density at radius 2 is 0.958 bits per heavy atom. The number of halogens is 2. The molecular weight excluding hydrogens is 719 g/mol. The first kappa shape index (κ1) is 35.9. The molecule has 0 bridgehead atoms. The number of allylic oxidation sites excluding steroid dienone is 2. The Hall–Kier alpha value is -1.96. The normalized spacial score (nSPS) is 17.9. The van der Waals surface area contributed by atoms with Gasteiger partial charge in [-0.3, -0.25) is 0 Å². The third kappa shape index (κ3) is 6.06. The van der Waals surface area contributed by atoms with Crippen LogP contribution in [0.5, 0.6) is 0 Å². The summed E-state index contributed by atoms with van der Waals surface area (Å²) in [6, 6.07) is 31.7. The summed E-state index contributed by atoms with van der Waals surface area (Å²) in [6.45, 7) is 14.2. The minimum atomic E-state index is -4.88. The van der Waals surface area contributed by atoms with Crippen molar-refractivity contribution < 1.29 is 15.6 Å². The van der Waals surface area contributed by atoms with E-state index < -0.39 is 21.5 Å². The van der Waals surface area contributed by atoms with Gasteiger partial charge < -0.3 is 0 Å². The van der Waals surface area contributed by atoms with E-state index in [1.807, 2.05) is 0 Å². The van der Waals surface area contributed by atoms with Crippen molar-refractivity contribution in [2.45, 2.75) is 99.4 Å². The molecule has 0 aliphatic heterocycles. The van der Waals surface area contributed by atoms with Crippen LogP contribution in [0.2, 0.25) is 13.1 Å². The van der Waals surface area contributed by atoms with Crippen LogP contribution in [-0.4, -0.2) is 5.92 Å². The second-order valence-corrected chi connectivity index (χ2v) is 57.0. The van der Waals surface area contributed by atoms with Crippen molar-refractivity contribution in [2.24, 2.45) is 0 Å². The Labute approximate surface area is 299 Å². The third-order valence-electron chi connectivity index (χ3n) is 11.5. The Balaban J connectivity index is 1.64. The van der Waals surface area contributed by atoms with Crippen LogP contribution in [-0.2, 0) is 28.4 Å². The molecule has 0 amide bonds. The molecule has 48 heavy (non-hydrogen) atoms. The van der Waals surface area contributed by atoms with Crippen LogP contribution in [0.1, 0.15) is 107 Å². The molecule has 0 spiro atoms. The minimum absolute atomic E-state index is 0.128. The van der Waals surface area contributed by atoms with Crippen LogP contribution in [0.25, 0.3) is 34.4 Å². The van der Waals surface area contributed by atoms with E-state index in [1.165, 1.54) is 66.8 Å². The zero-order valence-electron chi connectivity index (χ0n) is 29.9. The van der Waals surface area contributed by atoms with Gasteiger partial charge in [0.25, 0.3) is 0 Å². The van der Waals surface area contributed by atoms with E-state index in [0.717, 1.165) is 51.4 Å². The summed E-state index contributed by atoms with van der Waals surface area (Å²) >= 11 is -4.88. The van der Waals surface area contributed by atoms with Gasteiger partial charge >= 0.3 is 302 Å². The van der Waals surface area contributed by atoms with Gasteiger partial charge in [-0.1, -0.05) is 0 Å². The van der Waals surface area contributed by atoms with E-state index in [1.54, 1.807) is 0 Å². The van der Waals surface area contributed by atoms with Crippen LogP contribution in [0, 0.1) is 0 Å². The van der Waals surface area contributed by atoms with Gasteiger partial charge in [0, 0.05) is 0 Å². The first-order valence-electron chi connectivity index (χ1n) is 18.6. The van der Waals surface area contributed by atoms with Crippen molar-refractivity contribution in [2.75, 3.05) is 0 Å². The molecule has 0 N–H and O–H groups in total. The number of benzene rings is 4. The Morgan fingerprint density at radius 1 is 0.562 bits per heavy atom. The molecule has 0 heterocycles. The standard InChI is InChI=1S/2C21H23.C2H7Si.2ClH.Zr/c2*1-3-5-9-16-14-19-13-12-17(4-2)21(20(19)15-16)18-10-7-6-8-11-18;1-3-2;;;/h2*6-8,10-15H,3-5,9H2,1-2H3;3H,1-2H3;2*1H;/q;;;;;+2/p-2. The van der Waals surface area contributed by atoms with E-state index >= 15 is 0 Å². The molecule has 4 aromatic carbocycles. The summed E-state index contributed by atoms with van der Waals surface area (Å²) < 4.78 is 0.256. The van der Waals surface area contributed by atoms with E-state index in [2.05, 4.69) is 138 Å². The number of fused-ring (bicyclic) bond motifs is 2. The van der Waals surface area contributed by atoms with Gasteiger partial charge in [0.1, 0.15) is 0 Å². The summed E-state index contributed by atoms with van der Waals surface area (Å²) in [4.78, 5) is 0. The molecule has 2 aliphatic rings. The summed E-state index contributed by atoms with van der Waals surface area (Å²) in [5, 5.41) is 0. The Morgan fingerprint density at radius 3 is 1.29 bits per heavy atom. The van der Waals surface area contributed by atoms with Crippen molar-refractivity contribution in [3.8, 4) is 22.3 Å². The van der Waals surface area contributed by atoms with E-state index in [0.29, 0.717) is 0 Å². The predicted molar refractivity (Wildman–Crippen MR) is 214 cm³/mol. The maximum absolute atomic E-state index is 8.84. The van der Waals surface area contributed by atoms with Crippen molar-refractivity contribution in [1.29, 1.82) is 0 Å². The van der Waals surface area contributed by atoms with Crippen molar-refractivity contribution in [1.82, 2.24) is 0 Å². The molecule has 2 aliphatic carbocycles. The van der Waals surface area contributed by atoms with Crippen LogP contribution in [0.4, 0.5) is 0 Å². The molecule has 2 atom stereocenters. The fourth-order valence-corrected chi connectivity index (χ4v) is 40.4. The molecule has 2 unspecified atom stereocenters. The molecule has 0 aromatic heterocycles. The van der Waals surface area contributed by atoms with Crippen molar-refractivity contribution in [3.63, 3.8) is 0 Å². The molecule has 0 radical (unpaired) electrons. The van der Waals surface area contributed by atoms with E-state index in [4.69, 9.17) is 17.0 Å². The zero-order valence-corrected chi connectivity index (χ0v) is 35.0. The average Bonchev–Trinajstić information content (AvgIpc) is 3.69. The van der Waals surface area contributed by atoms with Crippen LogP contribution < -0.4 is 0 Å². The Kier molecular flexibility index (Phi) is 11.0. The van der Waals surface area contributed by atoms with Crippen molar-refractivity contribution >= 4 is 35.1 Å². The summed E-state index contributed by atoms with van der Waals surface area (Å²) in [5.74, 6) is -1.64. The van der Waals surface area contributed by atoms with E-state index in [9.17, 15) is 0 Å². The molecule has 0 nitrogen and oxygen atoms in total. The third-order valence-corrected chi connectivity index (χ3v) is 63.3. The zero-order chi connectivity index (χ0) is 34.1. The number of hydrogen-bond acceptors (Lipinski definition) is 0. The first-order chi connectivity index (χ1) is 23.2. The molecular formula is C44H53Cl2SiZr. The fraction of sp³-hybridized carbons (Fsp3) is 0.364. The quantitative estimate of drug-likeness (QED) is 0.119. The molecule has 251 valence electrons. The van der Waals surface area contributed by atoms with Gasteiger partial charge in [-0.05, 0) is 0 Å².